The van der Waals surface area contributed by atoms with E-state index in [4.69, 9.17) is 14.2 Å². The van der Waals surface area contributed by atoms with Gasteiger partial charge >= 0.3 is 5.97 Å². The van der Waals surface area contributed by atoms with Crippen molar-refractivity contribution in [2.45, 2.75) is 20.3 Å². The summed E-state index contributed by atoms with van der Waals surface area (Å²) in [4.78, 5) is 16.3. The van der Waals surface area contributed by atoms with Gasteiger partial charge in [-0.3, -0.25) is 4.98 Å². The normalized spacial score (nSPS) is 11.5. The van der Waals surface area contributed by atoms with Crippen molar-refractivity contribution in [1.82, 2.24) is 4.98 Å². The minimum atomic E-state index is -0.285. The van der Waals surface area contributed by atoms with Crippen molar-refractivity contribution in [3.8, 4) is 5.75 Å². The fraction of sp³-hybridized carbons (Fsp3) is 0.333. The molecule has 0 saturated heterocycles. The molecular weight excluding hydrogens is 294 g/mol. The first-order valence-electron chi connectivity index (χ1n) is 7.57. The maximum atomic E-state index is 11.9. The molecule has 1 aromatic heterocycles. The molecule has 122 valence electrons. The Hall–Kier alpha value is -2.40. The quantitative estimate of drug-likeness (QED) is 0.444. The van der Waals surface area contributed by atoms with E-state index < -0.39 is 0 Å². The number of rotatable bonds is 7. The number of pyridine rings is 1. The standard InChI is InChI=1S/C18H21NO4/c1-4-14(18(20)22-5-2)8-13-9-15-10-16(23-12-21-3)6-7-17(15)19-11-13/h6-11H,4-5,12H2,1-3H3. The Morgan fingerprint density at radius 2 is 2.09 bits per heavy atom. The molecule has 2 aromatic rings. The Kier molecular flexibility index (Phi) is 6.11. The Balaban J connectivity index is 2.31. The van der Waals surface area contributed by atoms with Crippen LogP contribution < -0.4 is 4.74 Å². The van der Waals surface area contributed by atoms with Gasteiger partial charge in [-0.1, -0.05) is 6.92 Å². The van der Waals surface area contributed by atoms with Gasteiger partial charge in [0.15, 0.2) is 6.79 Å². The lowest BCUT2D eigenvalue weighted by atomic mass is 10.1. The molecule has 0 saturated carbocycles. The summed E-state index contributed by atoms with van der Waals surface area (Å²) in [5.74, 6) is 0.427. The second-order valence-electron chi connectivity index (χ2n) is 4.92. The molecule has 0 aliphatic carbocycles. The topological polar surface area (TPSA) is 57.7 Å². The molecule has 0 unspecified atom stereocenters. The third-order valence-electron chi connectivity index (χ3n) is 3.28. The average molecular weight is 315 g/mol. The van der Waals surface area contributed by atoms with Crippen LogP contribution in [-0.4, -0.2) is 31.5 Å². The summed E-state index contributed by atoms with van der Waals surface area (Å²) in [6.07, 6.45) is 4.16. The molecule has 0 amide bonds. The number of benzene rings is 1. The third kappa shape index (κ3) is 4.53. The Labute approximate surface area is 135 Å². The smallest absolute Gasteiger partial charge is 0.333 e. The fourth-order valence-corrected chi connectivity index (χ4v) is 2.15. The Morgan fingerprint density at radius 3 is 2.78 bits per heavy atom. The molecule has 0 radical (unpaired) electrons. The molecule has 5 heteroatoms. The van der Waals surface area contributed by atoms with Gasteiger partial charge in [-0.05, 0) is 49.2 Å². The molecule has 2 rings (SSSR count). The molecule has 0 aliphatic heterocycles. The Bertz CT molecular complexity index is 709. The number of carbonyl (C=O) groups excluding carboxylic acids is 1. The molecule has 0 spiro atoms. The molecule has 0 fully saturated rings. The van der Waals surface area contributed by atoms with Gasteiger partial charge in [0.05, 0.1) is 12.1 Å². The van der Waals surface area contributed by atoms with Crippen LogP contribution in [0.3, 0.4) is 0 Å². The van der Waals surface area contributed by atoms with Crippen molar-refractivity contribution in [2.24, 2.45) is 0 Å². The van der Waals surface area contributed by atoms with E-state index in [0.717, 1.165) is 16.5 Å². The molecule has 1 heterocycles. The highest BCUT2D eigenvalue weighted by atomic mass is 16.7. The summed E-state index contributed by atoms with van der Waals surface area (Å²) in [7, 11) is 1.58. The van der Waals surface area contributed by atoms with Crippen LogP contribution >= 0.6 is 0 Å². The number of fused-ring (bicyclic) bond motifs is 1. The van der Waals surface area contributed by atoms with Crippen molar-refractivity contribution in [2.75, 3.05) is 20.5 Å². The molecule has 0 aliphatic rings. The number of esters is 1. The molecule has 5 nitrogen and oxygen atoms in total. The van der Waals surface area contributed by atoms with Gasteiger partial charge in [0.2, 0.25) is 0 Å². The van der Waals surface area contributed by atoms with E-state index in [1.54, 1.807) is 20.2 Å². The average Bonchev–Trinajstić information content (AvgIpc) is 2.57. The first kappa shape index (κ1) is 17.0. The number of aromatic nitrogens is 1. The summed E-state index contributed by atoms with van der Waals surface area (Å²) in [5, 5.41) is 0.937. The van der Waals surface area contributed by atoms with E-state index in [2.05, 4.69) is 4.98 Å². The number of methoxy groups -OCH3 is 1. The van der Waals surface area contributed by atoms with Crippen molar-refractivity contribution in [1.29, 1.82) is 0 Å². The summed E-state index contributed by atoms with van der Waals surface area (Å²) in [6.45, 7) is 4.28. The highest BCUT2D eigenvalue weighted by molar-refractivity contribution is 5.94. The summed E-state index contributed by atoms with van der Waals surface area (Å²) in [6, 6.07) is 7.60. The number of hydrogen-bond acceptors (Lipinski definition) is 5. The largest absolute Gasteiger partial charge is 0.468 e. The number of ether oxygens (including phenoxy) is 3. The third-order valence-corrected chi connectivity index (χ3v) is 3.28. The van der Waals surface area contributed by atoms with Gasteiger partial charge in [0.25, 0.3) is 0 Å². The van der Waals surface area contributed by atoms with Gasteiger partial charge in [-0.25, -0.2) is 4.79 Å². The second-order valence-corrected chi connectivity index (χ2v) is 4.92. The lowest BCUT2D eigenvalue weighted by Crippen LogP contribution is -2.06. The minimum Gasteiger partial charge on any atom is -0.468 e. The van der Waals surface area contributed by atoms with Crippen LogP contribution in [0, 0.1) is 0 Å². The predicted octanol–water partition coefficient (Wildman–Crippen LogP) is 3.57. The van der Waals surface area contributed by atoms with E-state index in [-0.39, 0.29) is 12.8 Å². The molecule has 1 aromatic carbocycles. The van der Waals surface area contributed by atoms with E-state index in [1.807, 2.05) is 37.3 Å². The van der Waals surface area contributed by atoms with Gasteiger partial charge in [-0.15, -0.1) is 0 Å². The van der Waals surface area contributed by atoms with Crippen LogP contribution in [0.4, 0.5) is 0 Å². The van der Waals surface area contributed by atoms with Gasteiger partial charge in [-0.2, -0.15) is 0 Å². The zero-order valence-electron chi connectivity index (χ0n) is 13.7. The van der Waals surface area contributed by atoms with Crippen molar-refractivity contribution in [3.63, 3.8) is 0 Å². The number of nitrogens with zero attached hydrogens (tertiary/aromatic N) is 1. The first-order valence-corrected chi connectivity index (χ1v) is 7.57. The first-order chi connectivity index (χ1) is 11.2. The van der Waals surface area contributed by atoms with Crippen molar-refractivity contribution in [3.05, 3.63) is 41.6 Å². The minimum absolute atomic E-state index is 0.196. The lowest BCUT2D eigenvalue weighted by molar-refractivity contribution is -0.138. The molecular formula is C18H21NO4. The summed E-state index contributed by atoms with van der Waals surface area (Å²) < 4.78 is 15.4. The lowest BCUT2D eigenvalue weighted by Gasteiger charge is -2.07. The summed E-state index contributed by atoms with van der Waals surface area (Å²) >= 11 is 0. The van der Waals surface area contributed by atoms with Crippen LogP contribution in [0.25, 0.3) is 17.0 Å². The van der Waals surface area contributed by atoms with E-state index in [0.29, 0.717) is 24.4 Å². The monoisotopic (exact) mass is 315 g/mol. The van der Waals surface area contributed by atoms with Gasteiger partial charge in [0, 0.05) is 24.3 Å². The highest BCUT2D eigenvalue weighted by Gasteiger charge is 2.08. The van der Waals surface area contributed by atoms with E-state index >= 15 is 0 Å². The molecule has 0 N–H and O–H groups in total. The van der Waals surface area contributed by atoms with Gasteiger partial charge in [0.1, 0.15) is 5.75 Å². The van der Waals surface area contributed by atoms with E-state index in [9.17, 15) is 4.79 Å². The van der Waals surface area contributed by atoms with Crippen LogP contribution in [0.15, 0.2) is 36.0 Å². The maximum absolute atomic E-state index is 11.9. The molecule has 0 bridgehead atoms. The van der Waals surface area contributed by atoms with E-state index in [1.165, 1.54) is 0 Å². The summed E-state index contributed by atoms with van der Waals surface area (Å²) in [5.41, 5.74) is 2.34. The number of hydrogen-bond donors (Lipinski definition) is 0. The maximum Gasteiger partial charge on any atom is 0.333 e. The van der Waals surface area contributed by atoms with Crippen molar-refractivity contribution < 1.29 is 19.0 Å². The second kappa shape index (κ2) is 8.29. The van der Waals surface area contributed by atoms with Crippen LogP contribution in [0.2, 0.25) is 0 Å². The molecule has 23 heavy (non-hydrogen) atoms. The zero-order chi connectivity index (χ0) is 16.7. The van der Waals surface area contributed by atoms with Crippen molar-refractivity contribution >= 4 is 22.9 Å². The Morgan fingerprint density at radius 1 is 1.26 bits per heavy atom. The van der Waals surface area contributed by atoms with Crippen LogP contribution in [0.1, 0.15) is 25.8 Å². The number of carbonyl (C=O) groups is 1. The zero-order valence-corrected chi connectivity index (χ0v) is 13.7. The van der Waals surface area contributed by atoms with Gasteiger partial charge < -0.3 is 14.2 Å². The predicted molar refractivity (Wildman–Crippen MR) is 89.1 cm³/mol. The van der Waals surface area contributed by atoms with Crippen LogP contribution in [-0.2, 0) is 14.3 Å². The molecule has 0 atom stereocenters. The van der Waals surface area contributed by atoms with Crippen LogP contribution in [0.5, 0.6) is 5.75 Å². The highest BCUT2D eigenvalue weighted by Crippen LogP contribution is 2.22. The fourth-order valence-electron chi connectivity index (χ4n) is 2.15. The SMILES string of the molecule is CCOC(=O)C(=Cc1cnc2ccc(OCOC)cc2c1)CC.